The zero-order valence-electron chi connectivity index (χ0n) is 19.3. The molecule has 0 saturated carbocycles. The molecular weight excluding hydrogens is 444 g/mol. The normalized spacial score (nSPS) is 17.6. The monoisotopic (exact) mass is 472 g/mol. The second-order valence-corrected chi connectivity index (χ2v) is 8.05. The Morgan fingerprint density at radius 2 is 1.82 bits per heavy atom. The van der Waals surface area contributed by atoms with Crippen molar-refractivity contribution in [2.24, 2.45) is 0 Å². The zero-order valence-corrected chi connectivity index (χ0v) is 20.1. The Morgan fingerprint density at radius 1 is 1.09 bits per heavy atom. The third-order valence-electron chi connectivity index (χ3n) is 5.93. The Balaban J connectivity index is 2.13. The smallest absolute Gasteiger partial charge is 0.295 e. The topological polar surface area (TPSA) is 79.3 Å². The van der Waals surface area contributed by atoms with Gasteiger partial charge in [-0.05, 0) is 49.0 Å². The van der Waals surface area contributed by atoms with Crippen LogP contribution in [0.2, 0.25) is 5.02 Å². The summed E-state index contributed by atoms with van der Waals surface area (Å²) in [5, 5.41) is 11.5. The number of carbonyl (C=O) groups is 2. The lowest BCUT2D eigenvalue weighted by atomic mass is 9.95. The lowest BCUT2D eigenvalue weighted by molar-refractivity contribution is -0.140. The molecule has 8 heteroatoms. The van der Waals surface area contributed by atoms with Crippen molar-refractivity contribution in [1.29, 1.82) is 0 Å². The van der Waals surface area contributed by atoms with Crippen LogP contribution in [0.4, 0.5) is 0 Å². The van der Waals surface area contributed by atoms with E-state index in [0.29, 0.717) is 35.7 Å². The lowest BCUT2D eigenvalue weighted by Crippen LogP contribution is -2.38. The molecular formula is C25H29ClN2O5. The van der Waals surface area contributed by atoms with Crippen LogP contribution >= 0.6 is 11.6 Å². The van der Waals surface area contributed by atoms with Gasteiger partial charge in [0, 0.05) is 18.7 Å². The number of ether oxygens (including phenoxy) is 2. The highest BCUT2D eigenvalue weighted by Crippen LogP contribution is 2.41. The van der Waals surface area contributed by atoms with E-state index in [0.717, 1.165) is 13.1 Å². The van der Waals surface area contributed by atoms with Crippen LogP contribution in [0.5, 0.6) is 11.5 Å². The van der Waals surface area contributed by atoms with Gasteiger partial charge in [-0.1, -0.05) is 37.6 Å². The minimum atomic E-state index is -0.753. The molecule has 1 heterocycles. The van der Waals surface area contributed by atoms with E-state index in [1.807, 2.05) is 19.9 Å². The van der Waals surface area contributed by atoms with Crippen molar-refractivity contribution in [3.63, 3.8) is 0 Å². The van der Waals surface area contributed by atoms with Gasteiger partial charge < -0.3 is 24.4 Å². The Labute approximate surface area is 199 Å². The molecule has 0 aromatic heterocycles. The van der Waals surface area contributed by atoms with Crippen LogP contribution in [0, 0.1) is 0 Å². The van der Waals surface area contributed by atoms with Gasteiger partial charge in [0.15, 0.2) is 0 Å². The third kappa shape index (κ3) is 4.99. The van der Waals surface area contributed by atoms with E-state index in [2.05, 4.69) is 4.90 Å². The minimum absolute atomic E-state index is 0.0223. The molecule has 1 aliphatic heterocycles. The first kappa shape index (κ1) is 24.6. The Hall–Kier alpha value is -3.03. The molecule has 0 spiro atoms. The molecule has 1 unspecified atom stereocenters. The summed E-state index contributed by atoms with van der Waals surface area (Å²) in [6.45, 7) is 6.70. The summed E-state index contributed by atoms with van der Waals surface area (Å²) >= 11 is 6.24. The zero-order chi connectivity index (χ0) is 24.1. The van der Waals surface area contributed by atoms with E-state index in [9.17, 15) is 14.7 Å². The van der Waals surface area contributed by atoms with Gasteiger partial charge in [0.1, 0.15) is 17.3 Å². The van der Waals surface area contributed by atoms with Crippen LogP contribution < -0.4 is 9.47 Å². The number of methoxy groups -OCH3 is 2. The predicted octanol–water partition coefficient (Wildman–Crippen LogP) is 4.12. The van der Waals surface area contributed by atoms with Crippen molar-refractivity contribution in [2.75, 3.05) is 40.4 Å². The minimum Gasteiger partial charge on any atom is -0.507 e. The summed E-state index contributed by atoms with van der Waals surface area (Å²) in [7, 11) is 3.04. The number of benzene rings is 2. The predicted molar refractivity (Wildman–Crippen MR) is 128 cm³/mol. The highest BCUT2D eigenvalue weighted by molar-refractivity contribution is 6.46. The number of hydrogen-bond donors (Lipinski definition) is 1. The van der Waals surface area contributed by atoms with E-state index in [1.54, 1.807) is 37.4 Å². The van der Waals surface area contributed by atoms with Crippen LogP contribution in [-0.4, -0.2) is 67.0 Å². The molecule has 1 aliphatic rings. The molecule has 1 amide bonds. The average Bonchev–Trinajstić information content (AvgIpc) is 3.09. The molecule has 1 atom stereocenters. The van der Waals surface area contributed by atoms with Gasteiger partial charge in [0.2, 0.25) is 0 Å². The number of rotatable bonds is 9. The van der Waals surface area contributed by atoms with Gasteiger partial charge in [-0.15, -0.1) is 0 Å². The summed E-state index contributed by atoms with van der Waals surface area (Å²) in [4.78, 5) is 29.9. The van der Waals surface area contributed by atoms with Crippen LogP contribution in [0.25, 0.3) is 5.76 Å². The standard InChI is InChI=1S/C25H29ClN2O5/c1-5-27(6-2)12-13-28-22(16-8-7-9-18(14-16)32-3)21(24(30)25(28)31)23(29)17-10-11-20(33-4)19(26)15-17/h7-11,14-15,22,29H,5-6,12-13H2,1-4H3/b23-21-. The molecule has 0 aliphatic carbocycles. The largest absolute Gasteiger partial charge is 0.507 e. The van der Waals surface area contributed by atoms with Gasteiger partial charge in [-0.2, -0.15) is 0 Å². The van der Waals surface area contributed by atoms with Crippen LogP contribution in [0.15, 0.2) is 48.0 Å². The fourth-order valence-corrected chi connectivity index (χ4v) is 4.28. The maximum absolute atomic E-state index is 13.1. The van der Waals surface area contributed by atoms with Crippen molar-refractivity contribution in [3.8, 4) is 11.5 Å². The number of likely N-dealkylation sites (tertiary alicyclic amines) is 1. The SMILES string of the molecule is CCN(CC)CCN1C(=O)C(=O)/C(=C(\O)c2ccc(OC)c(Cl)c2)C1c1cccc(OC)c1. The molecule has 2 aromatic carbocycles. The molecule has 7 nitrogen and oxygen atoms in total. The second-order valence-electron chi connectivity index (χ2n) is 7.65. The molecule has 176 valence electrons. The highest BCUT2D eigenvalue weighted by Gasteiger charge is 2.46. The molecule has 0 bridgehead atoms. The Morgan fingerprint density at radius 3 is 2.42 bits per heavy atom. The highest BCUT2D eigenvalue weighted by atomic mass is 35.5. The van der Waals surface area contributed by atoms with Crippen LogP contribution in [0.1, 0.15) is 31.0 Å². The van der Waals surface area contributed by atoms with E-state index < -0.39 is 17.7 Å². The fraction of sp³-hybridized carbons (Fsp3) is 0.360. The first-order chi connectivity index (χ1) is 15.9. The number of nitrogens with zero attached hydrogens (tertiary/aromatic N) is 2. The molecule has 1 N–H and O–H groups in total. The van der Waals surface area contributed by atoms with Crippen molar-refractivity contribution < 1.29 is 24.2 Å². The number of halogens is 1. The summed E-state index contributed by atoms with van der Waals surface area (Å²) in [6, 6.07) is 11.1. The number of likely N-dealkylation sites (N-methyl/N-ethyl adjacent to an activating group) is 1. The molecule has 0 radical (unpaired) electrons. The number of Topliss-reactive ketones (excluding diaryl/α,β-unsaturated/α-hetero) is 1. The number of hydrogen-bond acceptors (Lipinski definition) is 6. The number of amides is 1. The quantitative estimate of drug-likeness (QED) is 0.336. The molecule has 1 saturated heterocycles. The maximum atomic E-state index is 13.1. The summed E-state index contributed by atoms with van der Waals surface area (Å²) in [5.41, 5.74) is 1.03. The number of aliphatic hydroxyl groups is 1. The summed E-state index contributed by atoms with van der Waals surface area (Å²) in [6.07, 6.45) is 0. The molecule has 3 rings (SSSR count). The Bertz CT molecular complexity index is 1060. The van der Waals surface area contributed by atoms with E-state index in [-0.39, 0.29) is 16.4 Å². The second kappa shape index (κ2) is 10.7. The first-order valence-electron chi connectivity index (χ1n) is 10.8. The van der Waals surface area contributed by atoms with E-state index >= 15 is 0 Å². The van der Waals surface area contributed by atoms with E-state index in [4.69, 9.17) is 21.1 Å². The van der Waals surface area contributed by atoms with Gasteiger partial charge in [0.25, 0.3) is 11.7 Å². The van der Waals surface area contributed by atoms with Crippen LogP contribution in [0.3, 0.4) is 0 Å². The summed E-state index contributed by atoms with van der Waals surface area (Å²) < 4.78 is 10.5. The third-order valence-corrected chi connectivity index (χ3v) is 6.22. The number of aliphatic hydroxyl groups excluding tert-OH is 1. The van der Waals surface area contributed by atoms with Gasteiger partial charge in [-0.3, -0.25) is 9.59 Å². The van der Waals surface area contributed by atoms with Gasteiger partial charge in [-0.25, -0.2) is 0 Å². The van der Waals surface area contributed by atoms with Crippen molar-refractivity contribution in [3.05, 3.63) is 64.2 Å². The van der Waals surface area contributed by atoms with Crippen molar-refractivity contribution >= 4 is 29.1 Å². The van der Waals surface area contributed by atoms with Crippen molar-refractivity contribution in [1.82, 2.24) is 9.80 Å². The number of ketones is 1. The number of carbonyl (C=O) groups excluding carboxylic acids is 2. The van der Waals surface area contributed by atoms with Gasteiger partial charge in [0.05, 0.1) is 30.9 Å². The first-order valence-corrected chi connectivity index (χ1v) is 11.2. The van der Waals surface area contributed by atoms with Crippen LogP contribution in [-0.2, 0) is 9.59 Å². The van der Waals surface area contributed by atoms with Gasteiger partial charge >= 0.3 is 0 Å². The average molecular weight is 473 g/mol. The molecule has 1 fully saturated rings. The lowest BCUT2D eigenvalue weighted by Gasteiger charge is -2.28. The summed E-state index contributed by atoms with van der Waals surface area (Å²) in [5.74, 6) is -0.620. The van der Waals surface area contributed by atoms with E-state index in [1.165, 1.54) is 18.1 Å². The maximum Gasteiger partial charge on any atom is 0.295 e. The Kier molecular flexibility index (Phi) is 8.00. The fourth-order valence-electron chi connectivity index (χ4n) is 4.03. The van der Waals surface area contributed by atoms with Crippen molar-refractivity contribution in [2.45, 2.75) is 19.9 Å². The molecule has 2 aromatic rings. The molecule has 33 heavy (non-hydrogen) atoms.